The first-order chi connectivity index (χ1) is 12.1. The molecule has 4 nitrogen and oxygen atoms in total. The molecule has 0 aromatic heterocycles. The summed E-state index contributed by atoms with van der Waals surface area (Å²) in [6, 6.07) is 13.8. The molecule has 0 fully saturated rings. The van der Waals surface area contributed by atoms with Crippen LogP contribution >= 0.6 is 0 Å². The van der Waals surface area contributed by atoms with Crippen LogP contribution in [0.1, 0.15) is 35.2 Å². The fourth-order valence-electron chi connectivity index (χ4n) is 2.68. The Hall–Kier alpha value is -2.40. The lowest BCUT2D eigenvalue weighted by Crippen LogP contribution is -2.27. The van der Waals surface area contributed by atoms with Gasteiger partial charge < -0.3 is 15.8 Å². The van der Waals surface area contributed by atoms with Gasteiger partial charge in [-0.3, -0.25) is 4.79 Å². The van der Waals surface area contributed by atoms with Crippen molar-refractivity contribution < 1.29 is 13.9 Å². The number of amides is 1. The standard InChI is InChI=1S/C20H25FN2O2/c1-25-19-10-3-2-9-18(19)20(24)23-13-5-8-17(22)12-11-15-6-4-7-16(21)14-15/h2-4,6-7,9-10,14,17H,5,8,11-13,22H2,1H3,(H,23,24). The minimum atomic E-state index is -0.217. The van der Waals surface area contributed by atoms with Crippen LogP contribution in [-0.4, -0.2) is 25.6 Å². The largest absolute Gasteiger partial charge is 0.496 e. The molecule has 5 heteroatoms. The molecule has 0 heterocycles. The van der Waals surface area contributed by atoms with Gasteiger partial charge >= 0.3 is 0 Å². The first kappa shape index (κ1) is 18.9. The van der Waals surface area contributed by atoms with Crippen LogP contribution in [0.5, 0.6) is 5.75 Å². The summed E-state index contributed by atoms with van der Waals surface area (Å²) in [5, 5.41) is 2.89. The number of carbonyl (C=O) groups is 1. The van der Waals surface area contributed by atoms with Crippen LogP contribution in [0.4, 0.5) is 4.39 Å². The van der Waals surface area contributed by atoms with Crippen LogP contribution in [-0.2, 0) is 6.42 Å². The Bertz CT molecular complexity index is 691. The third-order valence-corrected chi connectivity index (χ3v) is 4.08. The van der Waals surface area contributed by atoms with Crippen LogP contribution < -0.4 is 15.8 Å². The van der Waals surface area contributed by atoms with E-state index in [9.17, 15) is 9.18 Å². The molecule has 134 valence electrons. The Morgan fingerprint density at radius 1 is 1.20 bits per heavy atom. The molecular formula is C20H25FN2O2. The van der Waals surface area contributed by atoms with Crippen molar-refractivity contribution in [2.24, 2.45) is 5.73 Å². The van der Waals surface area contributed by atoms with Gasteiger partial charge in [-0.2, -0.15) is 0 Å². The maximum Gasteiger partial charge on any atom is 0.255 e. The van der Waals surface area contributed by atoms with Crippen molar-refractivity contribution in [2.75, 3.05) is 13.7 Å². The second-order valence-electron chi connectivity index (χ2n) is 6.03. The summed E-state index contributed by atoms with van der Waals surface area (Å²) in [5.41, 5.74) is 7.59. The minimum absolute atomic E-state index is 0.0337. The number of halogens is 1. The first-order valence-corrected chi connectivity index (χ1v) is 8.51. The Labute approximate surface area is 148 Å². The molecule has 1 amide bonds. The average molecular weight is 344 g/mol. The van der Waals surface area contributed by atoms with Gasteiger partial charge in [0.05, 0.1) is 12.7 Å². The van der Waals surface area contributed by atoms with Crippen molar-refractivity contribution in [1.82, 2.24) is 5.32 Å². The summed E-state index contributed by atoms with van der Waals surface area (Å²) >= 11 is 0. The topological polar surface area (TPSA) is 64.3 Å². The van der Waals surface area contributed by atoms with E-state index in [0.29, 0.717) is 17.9 Å². The monoisotopic (exact) mass is 344 g/mol. The molecule has 2 aromatic rings. The summed E-state index contributed by atoms with van der Waals surface area (Å²) in [4.78, 5) is 12.2. The summed E-state index contributed by atoms with van der Waals surface area (Å²) in [6.07, 6.45) is 3.16. The molecule has 0 saturated carbocycles. The van der Waals surface area contributed by atoms with Gasteiger partial charge in [0.25, 0.3) is 5.91 Å². The van der Waals surface area contributed by atoms with Gasteiger partial charge in [-0.25, -0.2) is 4.39 Å². The van der Waals surface area contributed by atoms with Gasteiger partial charge in [0, 0.05) is 12.6 Å². The van der Waals surface area contributed by atoms with Crippen LogP contribution in [0.25, 0.3) is 0 Å². The third kappa shape index (κ3) is 6.19. The number of methoxy groups -OCH3 is 1. The van der Waals surface area contributed by atoms with E-state index in [1.54, 1.807) is 37.4 Å². The van der Waals surface area contributed by atoms with E-state index in [2.05, 4.69) is 5.32 Å². The van der Waals surface area contributed by atoms with Crippen LogP contribution in [0.15, 0.2) is 48.5 Å². The average Bonchev–Trinajstić information content (AvgIpc) is 2.63. The summed E-state index contributed by atoms with van der Waals surface area (Å²) < 4.78 is 18.3. The highest BCUT2D eigenvalue weighted by molar-refractivity contribution is 5.96. The summed E-state index contributed by atoms with van der Waals surface area (Å²) in [7, 11) is 1.55. The molecule has 2 aromatic carbocycles. The Balaban J connectivity index is 1.67. The molecule has 2 rings (SSSR count). The Morgan fingerprint density at radius 2 is 2.00 bits per heavy atom. The zero-order chi connectivity index (χ0) is 18.1. The molecular weight excluding hydrogens is 319 g/mol. The van der Waals surface area contributed by atoms with Gasteiger partial charge in [0.2, 0.25) is 0 Å². The number of para-hydroxylation sites is 1. The molecule has 0 aliphatic carbocycles. The fraction of sp³-hybridized carbons (Fsp3) is 0.350. The highest BCUT2D eigenvalue weighted by Crippen LogP contribution is 2.16. The lowest BCUT2D eigenvalue weighted by Gasteiger charge is -2.12. The summed E-state index contributed by atoms with van der Waals surface area (Å²) in [6.45, 7) is 0.560. The van der Waals surface area contributed by atoms with Crippen LogP contribution in [0, 0.1) is 5.82 Å². The quantitative estimate of drug-likeness (QED) is 0.686. The smallest absolute Gasteiger partial charge is 0.255 e. The van der Waals surface area contributed by atoms with E-state index >= 15 is 0 Å². The maximum absolute atomic E-state index is 13.1. The van der Waals surface area contributed by atoms with Crippen molar-refractivity contribution in [3.8, 4) is 5.75 Å². The van der Waals surface area contributed by atoms with Crippen molar-refractivity contribution in [3.63, 3.8) is 0 Å². The number of hydrogen-bond acceptors (Lipinski definition) is 3. The van der Waals surface area contributed by atoms with Crippen molar-refractivity contribution in [2.45, 2.75) is 31.7 Å². The number of hydrogen-bond donors (Lipinski definition) is 2. The Kier molecular flexibility index (Phi) is 7.41. The molecule has 0 aliphatic heterocycles. The second kappa shape index (κ2) is 9.79. The normalized spacial score (nSPS) is 11.8. The van der Waals surface area contributed by atoms with Crippen LogP contribution in [0.3, 0.4) is 0 Å². The van der Waals surface area contributed by atoms with E-state index in [1.807, 2.05) is 12.1 Å². The number of aryl methyl sites for hydroxylation is 1. The molecule has 0 radical (unpaired) electrons. The molecule has 3 N–H and O–H groups in total. The number of nitrogens with one attached hydrogen (secondary N) is 1. The molecule has 0 saturated heterocycles. The number of carbonyl (C=O) groups excluding carboxylic acids is 1. The van der Waals surface area contributed by atoms with Crippen molar-refractivity contribution >= 4 is 5.91 Å². The van der Waals surface area contributed by atoms with E-state index < -0.39 is 0 Å². The number of nitrogens with two attached hydrogens (primary N) is 1. The van der Waals surface area contributed by atoms with Gasteiger partial charge in [-0.1, -0.05) is 24.3 Å². The molecule has 25 heavy (non-hydrogen) atoms. The van der Waals surface area contributed by atoms with E-state index in [0.717, 1.165) is 31.2 Å². The molecule has 0 spiro atoms. The van der Waals surface area contributed by atoms with Gasteiger partial charge in [0.15, 0.2) is 0 Å². The lowest BCUT2D eigenvalue weighted by molar-refractivity contribution is 0.0949. The molecule has 1 atom stereocenters. The maximum atomic E-state index is 13.1. The number of rotatable bonds is 9. The van der Waals surface area contributed by atoms with Crippen molar-refractivity contribution in [3.05, 3.63) is 65.5 Å². The minimum Gasteiger partial charge on any atom is -0.496 e. The first-order valence-electron chi connectivity index (χ1n) is 8.51. The predicted octanol–water partition coefficient (Wildman–Crippen LogP) is 3.30. The zero-order valence-electron chi connectivity index (χ0n) is 14.5. The van der Waals surface area contributed by atoms with E-state index in [4.69, 9.17) is 10.5 Å². The molecule has 1 unspecified atom stereocenters. The Morgan fingerprint density at radius 3 is 2.76 bits per heavy atom. The van der Waals surface area contributed by atoms with Gasteiger partial charge in [-0.05, 0) is 55.5 Å². The fourth-order valence-corrected chi connectivity index (χ4v) is 2.68. The lowest BCUT2D eigenvalue weighted by atomic mass is 10.0. The number of benzene rings is 2. The van der Waals surface area contributed by atoms with Crippen molar-refractivity contribution in [1.29, 1.82) is 0 Å². The SMILES string of the molecule is COc1ccccc1C(=O)NCCCC(N)CCc1cccc(F)c1. The summed E-state index contributed by atoms with van der Waals surface area (Å²) in [5.74, 6) is 0.197. The van der Waals surface area contributed by atoms with E-state index in [1.165, 1.54) is 6.07 Å². The number of ether oxygens (including phenoxy) is 1. The van der Waals surface area contributed by atoms with Crippen LogP contribution in [0.2, 0.25) is 0 Å². The highest BCUT2D eigenvalue weighted by Gasteiger charge is 2.11. The molecule has 0 bridgehead atoms. The van der Waals surface area contributed by atoms with Gasteiger partial charge in [-0.15, -0.1) is 0 Å². The van der Waals surface area contributed by atoms with E-state index in [-0.39, 0.29) is 17.8 Å². The third-order valence-electron chi connectivity index (χ3n) is 4.08. The second-order valence-corrected chi connectivity index (χ2v) is 6.03. The molecule has 0 aliphatic rings. The highest BCUT2D eigenvalue weighted by atomic mass is 19.1. The predicted molar refractivity (Wildman–Crippen MR) is 97.3 cm³/mol. The van der Waals surface area contributed by atoms with Gasteiger partial charge in [0.1, 0.15) is 11.6 Å². The zero-order valence-corrected chi connectivity index (χ0v) is 14.5.